The van der Waals surface area contributed by atoms with Crippen molar-refractivity contribution in [2.75, 3.05) is 38.1 Å². The van der Waals surface area contributed by atoms with Gasteiger partial charge < -0.3 is 19.7 Å². The SMILES string of the molecule is CC(C1Cc2cc(C(F)(F)F)ccc2O1)N1CCN(C(=O)CO[C@H]2CC[C@H](Nc3ccc([N+](=O)[O-])c(C(F)(F)F)c3)CC2)CC1. The Hall–Kier alpha value is -3.59. The van der Waals surface area contributed by atoms with Gasteiger partial charge in [0, 0.05) is 56.4 Å². The summed E-state index contributed by atoms with van der Waals surface area (Å²) in [5, 5.41) is 14.0. The van der Waals surface area contributed by atoms with Gasteiger partial charge in [-0.2, -0.15) is 26.3 Å². The largest absolute Gasteiger partial charge is 0.488 e. The number of ether oxygens (including phenoxy) is 2. The number of hydrogen-bond acceptors (Lipinski definition) is 7. The minimum atomic E-state index is -4.85. The normalized spacial score (nSPS) is 23.3. The second-order valence-electron chi connectivity index (χ2n) is 11.8. The molecule has 45 heavy (non-hydrogen) atoms. The monoisotopic (exact) mass is 644 g/mol. The number of carbonyl (C=O) groups excluding carboxylic acids is 1. The van der Waals surface area contributed by atoms with Crippen LogP contribution in [-0.2, 0) is 28.3 Å². The summed E-state index contributed by atoms with van der Waals surface area (Å²) in [6, 6.07) is 6.22. The third-order valence-electron chi connectivity index (χ3n) is 8.85. The summed E-state index contributed by atoms with van der Waals surface area (Å²) in [6.45, 7) is 4.04. The highest BCUT2D eigenvalue weighted by Crippen LogP contribution is 2.39. The smallest absolute Gasteiger partial charge is 0.423 e. The predicted octanol–water partition coefficient (Wildman–Crippen LogP) is 5.91. The molecule has 0 radical (unpaired) electrons. The zero-order chi connectivity index (χ0) is 32.5. The fourth-order valence-electron chi connectivity index (χ4n) is 6.24. The number of hydrogen-bond donors (Lipinski definition) is 1. The lowest BCUT2D eigenvalue weighted by molar-refractivity contribution is -0.388. The van der Waals surface area contributed by atoms with Crippen LogP contribution in [0, 0.1) is 10.1 Å². The van der Waals surface area contributed by atoms with Gasteiger partial charge in [-0.25, -0.2) is 0 Å². The summed E-state index contributed by atoms with van der Waals surface area (Å²) in [5.74, 6) is 0.329. The number of nitro benzene ring substituents is 1. The highest BCUT2D eigenvalue weighted by atomic mass is 19.4. The molecule has 2 unspecified atom stereocenters. The number of alkyl halides is 6. The lowest BCUT2D eigenvalue weighted by Crippen LogP contribution is -2.55. The van der Waals surface area contributed by atoms with Crippen LogP contribution in [-0.4, -0.2) is 77.7 Å². The Kier molecular flexibility index (Phi) is 9.49. The highest BCUT2D eigenvalue weighted by molar-refractivity contribution is 5.77. The Bertz CT molecular complexity index is 1390. The third-order valence-corrected chi connectivity index (χ3v) is 8.85. The van der Waals surface area contributed by atoms with Crippen molar-refractivity contribution in [1.82, 2.24) is 9.80 Å². The van der Waals surface area contributed by atoms with Crippen molar-refractivity contribution in [3.63, 3.8) is 0 Å². The molecule has 1 saturated carbocycles. The molecule has 9 nitrogen and oxygen atoms in total. The van der Waals surface area contributed by atoms with Crippen molar-refractivity contribution in [1.29, 1.82) is 0 Å². The molecule has 0 spiro atoms. The number of halogens is 6. The van der Waals surface area contributed by atoms with E-state index < -0.39 is 34.1 Å². The maximum absolute atomic E-state index is 13.3. The van der Waals surface area contributed by atoms with Gasteiger partial charge in [-0.15, -0.1) is 0 Å². The lowest BCUT2D eigenvalue weighted by Gasteiger charge is -2.39. The Labute approximate surface area is 255 Å². The van der Waals surface area contributed by atoms with E-state index >= 15 is 0 Å². The van der Waals surface area contributed by atoms with Crippen molar-refractivity contribution >= 4 is 17.3 Å². The first kappa shape index (κ1) is 32.8. The Morgan fingerprint density at radius 1 is 1.02 bits per heavy atom. The quantitative estimate of drug-likeness (QED) is 0.217. The molecule has 1 saturated heterocycles. The maximum Gasteiger partial charge on any atom is 0.423 e. The summed E-state index contributed by atoms with van der Waals surface area (Å²) < 4.78 is 91.0. The van der Waals surface area contributed by atoms with Crippen LogP contribution in [0.4, 0.5) is 37.7 Å². The zero-order valence-corrected chi connectivity index (χ0v) is 24.5. The number of anilines is 1. The molecule has 15 heteroatoms. The van der Waals surface area contributed by atoms with Crippen molar-refractivity contribution in [3.8, 4) is 5.75 Å². The molecule has 0 bridgehead atoms. The molecule has 1 aliphatic carbocycles. The Morgan fingerprint density at radius 3 is 2.33 bits per heavy atom. The molecule has 2 aliphatic heterocycles. The van der Waals surface area contributed by atoms with Gasteiger partial charge in [0.25, 0.3) is 5.69 Å². The maximum atomic E-state index is 13.3. The molecule has 0 aromatic heterocycles. The van der Waals surface area contributed by atoms with Gasteiger partial charge in [-0.1, -0.05) is 0 Å². The molecule has 5 rings (SSSR count). The van der Waals surface area contributed by atoms with Gasteiger partial charge in [0.2, 0.25) is 5.91 Å². The van der Waals surface area contributed by atoms with Gasteiger partial charge in [0.1, 0.15) is 24.0 Å². The second-order valence-corrected chi connectivity index (χ2v) is 11.8. The van der Waals surface area contributed by atoms with Crippen LogP contribution in [0.15, 0.2) is 36.4 Å². The number of carbonyl (C=O) groups is 1. The second kappa shape index (κ2) is 13.0. The van der Waals surface area contributed by atoms with E-state index in [2.05, 4.69) is 10.2 Å². The van der Waals surface area contributed by atoms with Crippen molar-refractivity contribution in [2.24, 2.45) is 0 Å². The van der Waals surface area contributed by atoms with Crippen molar-refractivity contribution in [3.05, 3.63) is 63.2 Å². The Balaban J connectivity index is 1.03. The lowest BCUT2D eigenvalue weighted by atomic mass is 9.92. The molecule has 1 N–H and O–H groups in total. The zero-order valence-electron chi connectivity index (χ0n) is 24.5. The molecule has 2 aromatic carbocycles. The van der Waals surface area contributed by atoms with Crippen molar-refractivity contribution < 1.29 is 45.5 Å². The number of fused-ring (bicyclic) bond motifs is 1. The van der Waals surface area contributed by atoms with Crippen LogP contribution in [0.2, 0.25) is 0 Å². The summed E-state index contributed by atoms with van der Waals surface area (Å²) in [4.78, 5) is 26.7. The average molecular weight is 645 g/mol. The molecule has 2 atom stereocenters. The number of nitro groups is 1. The number of piperazine rings is 1. The van der Waals surface area contributed by atoms with Gasteiger partial charge in [0.15, 0.2) is 0 Å². The average Bonchev–Trinajstić information content (AvgIpc) is 3.43. The summed E-state index contributed by atoms with van der Waals surface area (Å²) >= 11 is 0. The molecule has 3 aliphatic rings. The molecular weight excluding hydrogens is 610 g/mol. The molecule has 2 aromatic rings. The number of benzene rings is 2. The summed E-state index contributed by atoms with van der Waals surface area (Å²) in [7, 11) is 0. The van der Waals surface area contributed by atoms with Crippen LogP contribution in [0.5, 0.6) is 5.75 Å². The van der Waals surface area contributed by atoms with Gasteiger partial charge >= 0.3 is 12.4 Å². The van der Waals surface area contributed by atoms with Crippen LogP contribution in [0.3, 0.4) is 0 Å². The Morgan fingerprint density at radius 2 is 1.71 bits per heavy atom. The van der Waals surface area contributed by atoms with Crippen LogP contribution < -0.4 is 10.1 Å². The van der Waals surface area contributed by atoms with Crippen LogP contribution >= 0.6 is 0 Å². The molecular formula is C30H34F6N4O5. The minimum absolute atomic E-state index is 0.0601. The highest BCUT2D eigenvalue weighted by Gasteiger charge is 2.39. The van der Waals surface area contributed by atoms with Crippen LogP contribution in [0.1, 0.15) is 49.3 Å². The third kappa shape index (κ3) is 7.80. The summed E-state index contributed by atoms with van der Waals surface area (Å²) in [6.07, 6.45) is -6.95. The first-order valence-corrected chi connectivity index (χ1v) is 14.8. The molecule has 246 valence electrons. The number of nitrogens with one attached hydrogen (secondary N) is 1. The van der Waals surface area contributed by atoms with E-state index in [9.17, 15) is 41.3 Å². The van der Waals surface area contributed by atoms with Gasteiger partial charge in [-0.05, 0) is 68.5 Å². The fourth-order valence-corrected chi connectivity index (χ4v) is 6.24. The number of rotatable bonds is 8. The van der Waals surface area contributed by atoms with Crippen molar-refractivity contribution in [2.45, 2.75) is 75.7 Å². The van der Waals surface area contributed by atoms with E-state index in [0.29, 0.717) is 69.6 Å². The van der Waals surface area contributed by atoms with E-state index in [-0.39, 0.29) is 42.5 Å². The van der Waals surface area contributed by atoms with E-state index in [4.69, 9.17) is 9.47 Å². The van der Waals surface area contributed by atoms with E-state index in [1.165, 1.54) is 12.1 Å². The molecule has 1 amide bonds. The van der Waals surface area contributed by atoms with E-state index in [1.54, 1.807) is 4.90 Å². The first-order valence-electron chi connectivity index (χ1n) is 14.8. The van der Waals surface area contributed by atoms with Gasteiger partial charge in [-0.3, -0.25) is 19.8 Å². The summed E-state index contributed by atoms with van der Waals surface area (Å²) in [5.41, 5.74) is -2.29. The van der Waals surface area contributed by atoms with Gasteiger partial charge in [0.05, 0.1) is 16.6 Å². The fraction of sp³-hybridized carbons (Fsp3) is 0.567. The molecule has 2 fully saturated rings. The number of nitrogens with zero attached hydrogens (tertiary/aromatic N) is 3. The van der Waals surface area contributed by atoms with E-state index in [0.717, 1.165) is 24.3 Å². The minimum Gasteiger partial charge on any atom is -0.488 e. The number of amides is 1. The predicted molar refractivity (Wildman–Crippen MR) is 151 cm³/mol. The van der Waals surface area contributed by atoms with E-state index in [1.807, 2.05) is 6.92 Å². The first-order chi connectivity index (χ1) is 21.2. The van der Waals surface area contributed by atoms with Crippen LogP contribution in [0.25, 0.3) is 0 Å². The molecule has 2 heterocycles. The topological polar surface area (TPSA) is 97.2 Å². The standard InChI is InChI=1S/C30H34F6N4O5/c1-18(27-15-19-14-20(29(31,32)33)2-9-26(19)45-27)38-10-12-39(13-11-38)28(41)17-44-23-6-3-21(4-7-23)37-22-5-8-25(40(42)43)24(16-22)30(34,35)36/h2,5,8-9,14,16,18,21,23,27,37H,3-4,6-7,10-13,15,17H2,1H3/t18?,21-,23-,27?.